The third-order valence-corrected chi connectivity index (χ3v) is 3.53. The molecule has 1 aliphatic rings. The van der Waals surface area contributed by atoms with Crippen molar-refractivity contribution in [1.29, 1.82) is 0 Å². The lowest BCUT2D eigenvalue weighted by molar-refractivity contribution is 0.414. The van der Waals surface area contributed by atoms with Crippen LogP contribution in [0.4, 0.5) is 0 Å². The van der Waals surface area contributed by atoms with E-state index in [4.69, 9.17) is 0 Å². The van der Waals surface area contributed by atoms with Gasteiger partial charge in [0.15, 0.2) is 0 Å². The maximum Gasteiger partial charge on any atom is 0.0278 e. The Morgan fingerprint density at radius 3 is 2.09 bits per heavy atom. The lowest BCUT2D eigenvalue weighted by Gasteiger charge is -2.34. The Kier molecular flexibility index (Phi) is 3.26. The summed E-state index contributed by atoms with van der Waals surface area (Å²) in [6.45, 7) is 2.40. The van der Waals surface area contributed by atoms with Gasteiger partial charge >= 0.3 is 0 Å². The highest BCUT2D eigenvalue weighted by atomic mass is 32.2. The molecule has 0 spiro atoms. The summed E-state index contributed by atoms with van der Waals surface area (Å²) >= 11 is 2.01. The maximum atomic E-state index is 2.40. The smallest absolute Gasteiger partial charge is 0.0278 e. The van der Waals surface area contributed by atoms with Crippen LogP contribution in [0.3, 0.4) is 0 Å². The standard InChI is InChI=1S/C9H19NS/c1-9(11-10(2)3)7-5-4-6-8-9/h4-8H2,1-3H3. The Hall–Kier alpha value is 0.310. The van der Waals surface area contributed by atoms with Gasteiger partial charge in [-0.15, -0.1) is 0 Å². The minimum atomic E-state index is 0.543. The van der Waals surface area contributed by atoms with E-state index in [9.17, 15) is 0 Å². The highest BCUT2D eigenvalue weighted by molar-refractivity contribution is 7.98. The summed E-state index contributed by atoms with van der Waals surface area (Å²) in [7, 11) is 4.29. The minimum Gasteiger partial charge on any atom is -0.256 e. The molecule has 0 aromatic heterocycles. The second-order valence-corrected chi connectivity index (χ2v) is 5.81. The van der Waals surface area contributed by atoms with Crippen molar-refractivity contribution in [2.45, 2.75) is 43.8 Å². The third kappa shape index (κ3) is 3.04. The first-order chi connectivity index (χ1) is 5.12. The summed E-state index contributed by atoms with van der Waals surface area (Å²) in [4.78, 5) is 0. The molecule has 11 heavy (non-hydrogen) atoms. The Morgan fingerprint density at radius 2 is 1.64 bits per heavy atom. The molecule has 0 heterocycles. The quantitative estimate of drug-likeness (QED) is 0.591. The van der Waals surface area contributed by atoms with Gasteiger partial charge in [-0.05, 0) is 33.9 Å². The van der Waals surface area contributed by atoms with Crippen molar-refractivity contribution in [3.8, 4) is 0 Å². The molecule has 0 bridgehead atoms. The molecule has 0 radical (unpaired) electrons. The predicted octanol–water partition coefficient (Wildman–Crippen LogP) is 2.92. The first-order valence-corrected chi connectivity index (χ1v) is 5.26. The second-order valence-electron chi connectivity index (χ2n) is 3.91. The van der Waals surface area contributed by atoms with Crippen LogP contribution in [-0.2, 0) is 0 Å². The Balaban J connectivity index is 2.37. The maximum absolute atomic E-state index is 2.40. The van der Waals surface area contributed by atoms with E-state index < -0.39 is 0 Å². The first-order valence-electron chi connectivity index (χ1n) is 4.49. The van der Waals surface area contributed by atoms with Gasteiger partial charge in [-0.2, -0.15) is 0 Å². The fourth-order valence-corrected chi connectivity index (χ4v) is 3.18. The van der Waals surface area contributed by atoms with Crippen LogP contribution in [0.5, 0.6) is 0 Å². The molecule has 66 valence electrons. The first kappa shape index (κ1) is 9.40. The van der Waals surface area contributed by atoms with Gasteiger partial charge < -0.3 is 0 Å². The molecule has 0 N–H and O–H groups in total. The van der Waals surface area contributed by atoms with Crippen molar-refractivity contribution in [3.63, 3.8) is 0 Å². The van der Waals surface area contributed by atoms with Crippen LogP contribution in [0.25, 0.3) is 0 Å². The lowest BCUT2D eigenvalue weighted by atomic mass is 9.90. The summed E-state index contributed by atoms with van der Waals surface area (Å²) in [5, 5.41) is 0. The van der Waals surface area contributed by atoms with Crippen LogP contribution in [0.1, 0.15) is 39.0 Å². The molecule has 1 saturated carbocycles. The van der Waals surface area contributed by atoms with E-state index in [0.717, 1.165) is 0 Å². The predicted molar refractivity (Wildman–Crippen MR) is 52.8 cm³/mol. The third-order valence-electron chi connectivity index (χ3n) is 2.31. The Morgan fingerprint density at radius 1 is 1.09 bits per heavy atom. The van der Waals surface area contributed by atoms with Crippen molar-refractivity contribution < 1.29 is 0 Å². The van der Waals surface area contributed by atoms with Gasteiger partial charge in [-0.1, -0.05) is 31.2 Å². The van der Waals surface area contributed by atoms with Gasteiger partial charge in [0.25, 0.3) is 0 Å². The fraction of sp³-hybridized carbons (Fsp3) is 1.00. The number of hydrogen-bond acceptors (Lipinski definition) is 2. The molecule has 0 aromatic rings. The summed E-state index contributed by atoms with van der Waals surface area (Å²) in [6.07, 6.45) is 7.10. The monoisotopic (exact) mass is 173 g/mol. The Bertz CT molecular complexity index is 117. The minimum absolute atomic E-state index is 0.543. The molecule has 0 amide bonds. The number of nitrogens with zero attached hydrogens (tertiary/aromatic N) is 1. The van der Waals surface area contributed by atoms with Gasteiger partial charge in [0.1, 0.15) is 0 Å². The second kappa shape index (κ2) is 3.81. The van der Waals surface area contributed by atoms with Crippen molar-refractivity contribution >= 4 is 11.9 Å². The van der Waals surface area contributed by atoms with Crippen molar-refractivity contribution in [1.82, 2.24) is 4.31 Å². The van der Waals surface area contributed by atoms with E-state index in [2.05, 4.69) is 25.3 Å². The van der Waals surface area contributed by atoms with Gasteiger partial charge in [0.2, 0.25) is 0 Å². The van der Waals surface area contributed by atoms with Crippen LogP contribution < -0.4 is 0 Å². The molecule has 1 nitrogen and oxygen atoms in total. The van der Waals surface area contributed by atoms with Gasteiger partial charge in [-0.3, -0.25) is 4.31 Å². The van der Waals surface area contributed by atoms with Crippen LogP contribution in [-0.4, -0.2) is 23.1 Å². The van der Waals surface area contributed by atoms with Crippen LogP contribution in [0, 0.1) is 0 Å². The molecule has 1 fully saturated rings. The summed E-state index contributed by atoms with van der Waals surface area (Å²) in [6, 6.07) is 0. The van der Waals surface area contributed by atoms with E-state index >= 15 is 0 Å². The fourth-order valence-electron chi connectivity index (χ4n) is 1.83. The molecule has 1 rings (SSSR count). The van der Waals surface area contributed by atoms with E-state index in [1.807, 2.05) is 11.9 Å². The molecule has 2 heteroatoms. The van der Waals surface area contributed by atoms with Crippen molar-refractivity contribution in [2.24, 2.45) is 0 Å². The average Bonchev–Trinajstić information content (AvgIpc) is 1.85. The van der Waals surface area contributed by atoms with Gasteiger partial charge in [-0.25, -0.2) is 0 Å². The van der Waals surface area contributed by atoms with Crippen LogP contribution in [0.15, 0.2) is 0 Å². The molecule has 1 aliphatic carbocycles. The van der Waals surface area contributed by atoms with E-state index in [1.54, 1.807) is 0 Å². The van der Waals surface area contributed by atoms with Crippen LogP contribution >= 0.6 is 11.9 Å². The molecule has 0 aliphatic heterocycles. The topological polar surface area (TPSA) is 3.24 Å². The van der Waals surface area contributed by atoms with Crippen molar-refractivity contribution in [2.75, 3.05) is 14.1 Å². The average molecular weight is 173 g/mol. The van der Waals surface area contributed by atoms with E-state index in [1.165, 1.54) is 32.1 Å². The van der Waals surface area contributed by atoms with E-state index in [0.29, 0.717) is 4.75 Å². The van der Waals surface area contributed by atoms with E-state index in [-0.39, 0.29) is 0 Å². The summed E-state index contributed by atoms with van der Waals surface area (Å²) in [5.41, 5.74) is 0. The summed E-state index contributed by atoms with van der Waals surface area (Å²) in [5.74, 6) is 0. The molecule has 0 aromatic carbocycles. The largest absolute Gasteiger partial charge is 0.256 e. The van der Waals surface area contributed by atoms with Gasteiger partial charge in [0.05, 0.1) is 0 Å². The van der Waals surface area contributed by atoms with Crippen molar-refractivity contribution in [3.05, 3.63) is 0 Å². The molecular weight excluding hydrogens is 154 g/mol. The molecular formula is C9H19NS. The zero-order valence-electron chi connectivity index (χ0n) is 7.89. The number of rotatable bonds is 2. The normalized spacial score (nSPS) is 24.0. The highest BCUT2D eigenvalue weighted by Gasteiger charge is 2.27. The number of hydrogen-bond donors (Lipinski definition) is 0. The zero-order chi connectivity index (χ0) is 8.32. The zero-order valence-corrected chi connectivity index (χ0v) is 8.71. The van der Waals surface area contributed by atoms with Gasteiger partial charge in [0, 0.05) is 4.75 Å². The highest BCUT2D eigenvalue weighted by Crippen LogP contribution is 2.39. The molecule has 0 unspecified atom stereocenters. The lowest BCUT2D eigenvalue weighted by Crippen LogP contribution is -2.27. The summed E-state index contributed by atoms with van der Waals surface area (Å²) < 4.78 is 2.78. The Labute approximate surface area is 74.7 Å². The SMILES string of the molecule is CN(C)SC1(C)CCCCC1. The molecule has 0 atom stereocenters. The van der Waals surface area contributed by atoms with Crippen LogP contribution in [0.2, 0.25) is 0 Å². The molecule has 0 saturated heterocycles.